The number of fused-ring (bicyclic) bond motifs is 1. The van der Waals surface area contributed by atoms with E-state index in [1.807, 2.05) is 0 Å². The van der Waals surface area contributed by atoms with Gasteiger partial charge in [-0.15, -0.1) is 11.8 Å². The molecule has 0 aliphatic heterocycles. The highest BCUT2D eigenvalue weighted by Gasteiger charge is 2.09. The number of nitrogens with zero attached hydrogens (tertiary/aromatic N) is 3. The maximum atomic E-state index is 4.25. The van der Waals surface area contributed by atoms with Crippen LogP contribution in [0.3, 0.4) is 0 Å². The Morgan fingerprint density at radius 1 is 1.43 bits per heavy atom. The molecule has 0 spiro atoms. The van der Waals surface area contributed by atoms with Gasteiger partial charge in [-0.1, -0.05) is 13.8 Å². The molecule has 2 rings (SSSR count). The van der Waals surface area contributed by atoms with Crippen LogP contribution in [0.25, 0.3) is 11.2 Å². The summed E-state index contributed by atoms with van der Waals surface area (Å²) in [5.41, 5.74) is 1.68. The van der Waals surface area contributed by atoms with Gasteiger partial charge in [-0.25, -0.2) is 15.0 Å². The number of imidazole rings is 1. The van der Waals surface area contributed by atoms with E-state index in [1.54, 1.807) is 24.4 Å². The van der Waals surface area contributed by atoms with Gasteiger partial charge in [-0.05, 0) is 6.42 Å². The number of aromatic amines is 1. The number of hydrogen-bond acceptors (Lipinski definition) is 4. The van der Waals surface area contributed by atoms with Crippen molar-refractivity contribution in [2.24, 2.45) is 0 Å². The molecule has 2 aromatic rings. The van der Waals surface area contributed by atoms with Gasteiger partial charge in [0, 0.05) is 5.25 Å². The van der Waals surface area contributed by atoms with E-state index >= 15 is 0 Å². The standard InChI is InChI=1S/C9H12N4S/c1-3-6(2)14-9-7-8(11-4-10-7)12-5-13-9/h4-6H,3H2,1-2H3,(H,10,11,12,13)/t6-/m0/s1. The Morgan fingerprint density at radius 3 is 3.07 bits per heavy atom. The molecule has 0 saturated carbocycles. The molecule has 2 heterocycles. The highest BCUT2D eigenvalue weighted by atomic mass is 32.2. The lowest BCUT2D eigenvalue weighted by atomic mass is 10.4. The Hall–Kier alpha value is -1.10. The van der Waals surface area contributed by atoms with Crippen molar-refractivity contribution < 1.29 is 0 Å². The molecule has 1 N–H and O–H groups in total. The van der Waals surface area contributed by atoms with E-state index in [4.69, 9.17) is 0 Å². The van der Waals surface area contributed by atoms with Crippen molar-refractivity contribution in [1.82, 2.24) is 19.9 Å². The largest absolute Gasteiger partial charge is 0.341 e. The quantitative estimate of drug-likeness (QED) is 0.621. The first-order valence-corrected chi connectivity index (χ1v) is 5.50. The SMILES string of the molecule is CC[C@H](C)Sc1ncnc2nc[nH]c12. The summed E-state index contributed by atoms with van der Waals surface area (Å²) in [7, 11) is 0. The summed E-state index contributed by atoms with van der Waals surface area (Å²) in [4.78, 5) is 15.5. The maximum Gasteiger partial charge on any atom is 0.181 e. The molecule has 0 aliphatic rings. The van der Waals surface area contributed by atoms with Gasteiger partial charge in [-0.3, -0.25) is 0 Å². The molecule has 14 heavy (non-hydrogen) atoms. The first-order valence-electron chi connectivity index (χ1n) is 4.62. The summed E-state index contributed by atoms with van der Waals surface area (Å²) < 4.78 is 0. The number of nitrogens with one attached hydrogen (secondary N) is 1. The van der Waals surface area contributed by atoms with Crippen molar-refractivity contribution in [1.29, 1.82) is 0 Å². The van der Waals surface area contributed by atoms with Crippen LogP contribution in [-0.2, 0) is 0 Å². The van der Waals surface area contributed by atoms with E-state index in [9.17, 15) is 0 Å². The second kappa shape index (κ2) is 3.96. The van der Waals surface area contributed by atoms with Gasteiger partial charge >= 0.3 is 0 Å². The first kappa shape index (κ1) is 9.45. The van der Waals surface area contributed by atoms with E-state index in [2.05, 4.69) is 33.8 Å². The zero-order valence-electron chi connectivity index (χ0n) is 8.19. The van der Waals surface area contributed by atoms with E-state index in [1.165, 1.54) is 0 Å². The third-order valence-electron chi connectivity index (χ3n) is 2.08. The fourth-order valence-corrected chi connectivity index (χ4v) is 2.03. The molecule has 1 atom stereocenters. The van der Waals surface area contributed by atoms with Gasteiger partial charge in [0.05, 0.1) is 6.33 Å². The lowest BCUT2D eigenvalue weighted by Crippen LogP contribution is -1.95. The topological polar surface area (TPSA) is 54.5 Å². The molecular formula is C9H12N4S. The normalized spacial score (nSPS) is 13.3. The van der Waals surface area contributed by atoms with E-state index < -0.39 is 0 Å². The number of thioether (sulfide) groups is 1. The van der Waals surface area contributed by atoms with Crippen molar-refractivity contribution in [2.45, 2.75) is 30.5 Å². The molecule has 0 fully saturated rings. The summed E-state index contributed by atoms with van der Waals surface area (Å²) in [6.45, 7) is 4.36. The van der Waals surface area contributed by atoms with Crippen molar-refractivity contribution in [3.05, 3.63) is 12.7 Å². The molecule has 0 bridgehead atoms. The number of rotatable bonds is 3. The third-order valence-corrected chi connectivity index (χ3v) is 3.34. The second-order valence-electron chi connectivity index (χ2n) is 3.12. The van der Waals surface area contributed by atoms with E-state index in [0.717, 1.165) is 22.6 Å². The van der Waals surface area contributed by atoms with Crippen LogP contribution < -0.4 is 0 Å². The number of aromatic nitrogens is 4. The second-order valence-corrected chi connectivity index (χ2v) is 4.54. The van der Waals surface area contributed by atoms with Crippen LogP contribution >= 0.6 is 11.8 Å². The van der Waals surface area contributed by atoms with Gasteiger partial charge in [0.1, 0.15) is 16.9 Å². The maximum absolute atomic E-state index is 4.25. The van der Waals surface area contributed by atoms with E-state index in [0.29, 0.717) is 5.25 Å². The Morgan fingerprint density at radius 2 is 2.29 bits per heavy atom. The van der Waals surface area contributed by atoms with Crippen molar-refractivity contribution in [3.8, 4) is 0 Å². The van der Waals surface area contributed by atoms with Crippen molar-refractivity contribution >= 4 is 22.9 Å². The molecule has 0 unspecified atom stereocenters. The first-order chi connectivity index (χ1) is 6.81. The highest BCUT2D eigenvalue weighted by Crippen LogP contribution is 2.26. The van der Waals surface area contributed by atoms with Gasteiger partial charge in [0.25, 0.3) is 0 Å². The minimum atomic E-state index is 0.566. The van der Waals surface area contributed by atoms with Crippen LogP contribution in [0.1, 0.15) is 20.3 Å². The molecule has 5 heteroatoms. The Labute approximate surface area is 86.6 Å². The predicted molar refractivity (Wildman–Crippen MR) is 57.3 cm³/mol. The fourth-order valence-electron chi connectivity index (χ4n) is 1.11. The summed E-state index contributed by atoms with van der Waals surface area (Å²) in [6, 6.07) is 0. The van der Waals surface area contributed by atoms with Crippen LogP contribution in [0.5, 0.6) is 0 Å². The van der Waals surface area contributed by atoms with Crippen molar-refractivity contribution in [3.63, 3.8) is 0 Å². The monoisotopic (exact) mass is 208 g/mol. The molecule has 0 aliphatic carbocycles. The third kappa shape index (κ3) is 1.72. The van der Waals surface area contributed by atoms with Crippen LogP contribution in [0.15, 0.2) is 17.7 Å². The summed E-state index contributed by atoms with van der Waals surface area (Å²) in [5.74, 6) is 0. The molecule has 0 amide bonds. The molecular weight excluding hydrogens is 196 g/mol. The van der Waals surface area contributed by atoms with Crippen LogP contribution in [-0.4, -0.2) is 25.2 Å². The summed E-state index contributed by atoms with van der Waals surface area (Å²) >= 11 is 1.76. The van der Waals surface area contributed by atoms with Crippen molar-refractivity contribution in [2.75, 3.05) is 0 Å². The van der Waals surface area contributed by atoms with Gasteiger partial charge in [0.15, 0.2) is 5.65 Å². The minimum Gasteiger partial charge on any atom is -0.341 e. The van der Waals surface area contributed by atoms with Gasteiger partial charge < -0.3 is 4.98 Å². The predicted octanol–water partition coefficient (Wildman–Crippen LogP) is 2.24. The Balaban J connectivity index is 2.36. The summed E-state index contributed by atoms with van der Waals surface area (Å²) in [6.07, 6.45) is 4.35. The van der Waals surface area contributed by atoms with Gasteiger partial charge in [-0.2, -0.15) is 0 Å². The molecule has 74 valence electrons. The molecule has 0 saturated heterocycles. The molecule has 4 nitrogen and oxygen atoms in total. The summed E-state index contributed by atoms with van der Waals surface area (Å²) in [5, 5.41) is 1.55. The minimum absolute atomic E-state index is 0.566. The van der Waals surface area contributed by atoms with Gasteiger partial charge in [0.2, 0.25) is 0 Å². The molecule has 0 aromatic carbocycles. The molecule has 0 radical (unpaired) electrons. The smallest absolute Gasteiger partial charge is 0.181 e. The van der Waals surface area contributed by atoms with Crippen LogP contribution in [0.2, 0.25) is 0 Å². The van der Waals surface area contributed by atoms with Crippen LogP contribution in [0, 0.1) is 0 Å². The fraction of sp³-hybridized carbons (Fsp3) is 0.444. The average molecular weight is 208 g/mol. The zero-order valence-corrected chi connectivity index (χ0v) is 9.01. The van der Waals surface area contributed by atoms with Crippen LogP contribution in [0.4, 0.5) is 0 Å². The number of hydrogen-bond donors (Lipinski definition) is 1. The van der Waals surface area contributed by atoms with E-state index in [-0.39, 0.29) is 0 Å². The Bertz CT molecular complexity index is 425. The molecule has 2 aromatic heterocycles. The Kier molecular flexibility index (Phi) is 2.67. The number of H-pyrrole nitrogens is 1. The zero-order chi connectivity index (χ0) is 9.97. The average Bonchev–Trinajstić information content (AvgIpc) is 2.66. The lowest BCUT2D eigenvalue weighted by molar-refractivity contribution is 0.901. The highest BCUT2D eigenvalue weighted by molar-refractivity contribution is 8.00. The lowest BCUT2D eigenvalue weighted by Gasteiger charge is -2.06.